The van der Waals surface area contributed by atoms with E-state index in [-0.39, 0.29) is 18.8 Å². The molecule has 0 saturated carbocycles. The third-order valence-corrected chi connectivity index (χ3v) is 2.62. The number of nitrogens with two attached hydrogens (primary N) is 3. The summed E-state index contributed by atoms with van der Waals surface area (Å²) < 4.78 is 0. The lowest BCUT2D eigenvalue weighted by Crippen LogP contribution is -1.95. The van der Waals surface area contributed by atoms with Crippen LogP contribution in [-0.2, 0) is 0 Å². The van der Waals surface area contributed by atoms with Crippen molar-refractivity contribution in [2.45, 2.75) is 21.3 Å². The minimum atomic E-state index is -0.484. The minimum Gasteiger partial charge on any atom is -0.397 e. The Morgan fingerprint density at radius 3 is 1.71 bits per heavy atom. The second-order valence-electron chi connectivity index (χ2n) is 4.45. The number of nitrogen functional groups attached to an aromatic ring is 3. The normalized spacial score (nSPS) is 9.05. The van der Waals surface area contributed by atoms with E-state index in [1.54, 1.807) is 13.0 Å². The van der Waals surface area contributed by atoms with E-state index in [4.69, 9.17) is 17.2 Å². The van der Waals surface area contributed by atoms with Crippen LogP contribution in [0.15, 0.2) is 36.4 Å². The van der Waals surface area contributed by atoms with Crippen LogP contribution in [0.1, 0.15) is 18.6 Å². The number of rotatable bonds is 1. The van der Waals surface area contributed by atoms with Crippen LogP contribution in [0, 0.1) is 24.0 Å². The third-order valence-electron chi connectivity index (χ3n) is 2.62. The molecule has 0 heterocycles. The molecule has 0 aliphatic heterocycles. The largest absolute Gasteiger partial charge is 0.397 e. The molecule has 2 aromatic carbocycles. The van der Waals surface area contributed by atoms with Crippen LogP contribution in [-0.4, -0.2) is 4.92 Å². The standard InChI is InChI=1S/C7H8N2O2.C7H10N2.CH4/c1-5-2-3-6(8)7(4-5)9(10)11;1-5-2-3-6(8)7(9)4-5;/h2-4H,8H2,1H3;2-4H,8-9H2,1H3;1H4. The molecule has 0 amide bonds. The van der Waals surface area contributed by atoms with Crippen molar-refractivity contribution in [2.75, 3.05) is 17.2 Å². The summed E-state index contributed by atoms with van der Waals surface area (Å²) in [6, 6.07) is 10.3. The summed E-state index contributed by atoms with van der Waals surface area (Å²) in [7, 11) is 0. The summed E-state index contributed by atoms with van der Waals surface area (Å²) in [5.74, 6) is 0. The lowest BCUT2D eigenvalue weighted by Gasteiger charge is -1.98. The zero-order valence-corrected chi connectivity index (χ0v) is 11.5. The first kappa shape index (κ1) is 18.2. The number of benzene rings is 2. The fraction of sp³-hybridized carbons (Fsp3) is 0.200. The number of anilines is 3. The van der Waals surface area contributed by atoms with Gasteiger partial charge >= 0.3 is 0 Å². The SMILES string of the molecule is C.Cc1ccc(N)c(N)c1.Cc1ccc(N)c([N+](=O)[O-])c1. The topological polar surface area (TPSA) is 121 Å². The Balaban J connectivity index is 0.000000370. The van der Waals surface area contributed by atoms with Gasteiger partial charge in [0.15, 0.2) is 0 Å². The quantitative estimate of drug-likeness (QED) is 0.422. The summed E-state index contributed by atoms with van der Waals surface area (Å²) >= 11 is 0. The van der Waals surface area contributed by atoms with Gasteiger partial charge in [-0.05, 0) is 43.2 Å². The highest BCUT2D eigenvalue weighted by Crippen LogP contribution is 2.21. The average molecular weight is 290 g/mol. The summed E-state index contributed by atoms with van der Waals surface area (Å²) in [5.41, 5.74) is 19.8. The van der Waals surface area contributed by atoms with E-state index >= 15 is 0 Å². The first-order chi connectivity index (χ1) is 9.31. The van der Waals surface area contributed by atoms with Crippen LogP contribution >= 0.6 is 0 Å². The Hall–Kier alpha value is -2.76. The smallest absolute Gasteiger partial charge is 0.292 e. The van der Waals surface area contributed by atoms with Crippen molar-refractivity contribution in [1.82, 2.24) is 0 Å². The minimum absolute atomic E-state index is 0. The van der Waals surface area contributed by atoms with Crippen molar-refractivity contribution in [3.05, 3.63) is 57.6 Å². The van der Waals surface area contributed by atoms with E-state index < -0.39 is 4.92 Å². The van der Waals surface area contributed by atoms with Crippen LogP contribution in [0.3, 0.4) is 0 Å². The number of aryl methyl sites for hydroxylation is 2. The molecule has 2 rings (SSSR count). The van der Waals surface area contributed by atoms with Crippen molar-refractivity contribution in [2.24, 2.45) is 0 Å². The van der Waals surface area contributed by atoms with E-state index in [0.717, 1.165) is 11.1 Å². The Kier molecular flexibility index (Phi) is 6.72. The monoisotopic (exact) mass is 290 g/mol. The van der Waals surface area contributed by atoms with Crippen LogP contribution in [0.2, 0.25) is 0 Å². The third kappa shape index (κ3) is 5.40. The van der Waals surface area contributed by atoms with Gasteiger partial charge in [0.2, 0.25) is 0 Å². The molecule has 6 nitrogen and oxygen atoms in total. The Morgan fingerprint density at radius 1 is 0.857 bits per heavy atom. The Bertz CT molecular complexity index is 627. The van der Waals surface area contributed by atoms with E-state index in [2.05, 4.69) is 0 Å². The molecule has 0 fully saturated rings. The fourth-order valence-corrected chi connectivity index (χ4v) is 1.51. The summed E-state index contributed by atoms with van der Waals surface area (Å²) in [6.07, 6.45) is 0. The molecule has 0 bridgehead atoms. The van der Waals surface area contributed by atoms with Gasteiger partial charge in [0, 0.05) is 6.07 Å². The summed E-state index contributed by atoms with van der Waals surface area (Å²) in [4.78, 5) is 9.82. The molecule has 6 heteroatoms. The zero-order valence-electron chi connectivity index (χ0n) is 11.5. The molecule has 0 atom stereocenters. The molecule has 21 heavy (non-hydrogen) atoms. The van der Waals surface area contributed by atoms with Gasteiger partial charge < -0.3 is 17.2 Å². The van der Waals surface area contributed by atoms with Crippen LogP contribution in [0.4, 0.5) is 22.7 Å². The van der Waals surface area contributed by atoms with Crippen molar-refractivity contribution in [1.29, 1.82) is 0 Å². The first-order valence-corrected chi connectivity index (χ1v) is 5.93. The predicted molar refractivity (Wildman–Crippen MR) is 89.0 cm³/mol. The zero-order chi connectivity index (χ0) is 15.3. The summed E-state index contributed by atoms with van der Waals surface area (Å²) in [5, 5.41) is 10.3. The molecule has 0 aliphatic rings. The molecule has 0 spiro atoms. The van der Waals surface area contributed by atoms with Gasteiger partial charge in [-0.2, -0.15) is 0 Å². The van der Waals surface area contributed by atoms with E-state index in [1.807, 2.05) is 25.1 Å². The maximum atomic E-state index is 10.3. The average Bonchev–Trinajstić information content (AvgIpc) is 2.38. The molecule has 6 N–H and O–H groups in total. The van der Waals surface area contributed by atoms with Crippen molar-refractivity contribution in [3.63, 3.8) is 0 Å². The van der Waals surface area contributed by atoms with Gasteiger partial charge in [-0.15, -0.1) is 0 Å². The van der Waals surface area contributed by atoms with E-state index in [1.165, 1.54) is 12.1 Å². The molecular formula is C15H22N4O2. The second-order valence-corrected chi connectivity index (χ2v) is 4.45. The highest BCUT2D eigenvalue weighted by molar-refractivity contribution is 5.63. The first-order valence-electron chi connectivity index (χ1n) is 5.93. The molecule has 2 aromatic rings. The highest BCUT2D eigenvalue weighted by atomic mass is 16.6. The molecule has 114 valence electrons. The lowest BCUT2D eigenvalue weighted by molar-refractivity contribution is -0.383. The van der Waals surface area contributed by atoms with E-state index in [9.17, 15) is 10.1 Å². The molecule has 0 aromatic heterocycles. The van der Waals surface area contributed by atoms with Gasteiger partial charge in [-0.25, -0.2) is 0 Å². The summed E-state index contributed by atoms with van der Waals surface area (Å²) in [6.45, 7) is 3.77. The maximum Gasteiger partial charge on any atom is 0.292 e. The number of nitrogens with zero attached hydrogens (tertiary/aromatic N) is 1. The van der Waals surface area contributed by atoms with Gasteiger partial charge in [0.25, 0.3) is 5.69 Å². The molecule has 0 aliphatic carbocycles. The lowest BCUT2D eigenvalue weighted by atomic mass is 10.2. The fourth-order valence-electron chi connectivity index (χ4n) is 1.51. The molecular weight excluding hydrogens is 268 g/mol. The predicted octanol–water partition coefficient (Wildman–Crippen LogP) is 3.28. The Morgan fingerprint density at radius 2 is 1.33 bits per heavy atom. The number of hydrogen-bond acceptors (Lipinski definition) is 5. The van der Waals surface area contributed by atoms with Crippen LogP contribution in [0.25, 0.3) is 0 Å². The molecule has 0 unspecified atom stereocenters. The van der Waals surface area contributed by atoms with Crippen molar-refractivity contribution in [3.8, 4) is 0 Å². The second kappa shape index (κ2) is 7.74. The van der Waals surface area contributed by atoms with Gasteiger partial charge in [0.1, 0.15) is 5.69 Å². The number of nitro benzene ring substituents is 1. The van der Waals surface area contributed by atoms with Crippen LogP contribution in [0.5, 0.6) is 0 Å². The van der Waals surface area contributed by atoms with E-state index in [0.29, 0.717) is 11.4 Å². The molecule has 0 saturated heterocycles. The van der Waals surface area contributed by atoms with Gasteiger partial charge in [-0.3, -0.25) is 10.1 Å². The van der Waals surface area contributed by atoms with Crippen LogP contribution < -0.4 is 17.2 Å². The number of hydrogen-bond donors (Lipinski definition) is 3. The van der Waals surface area contributed by atoms with Crippen molar-refractivity contribution < 1.29 is 4.92 Å². The highest BCUT2D eigenvalue weighted by Gasteiger charge is 2.09. The van der Waals surface area contributed by atoms with Gasteiger partial charge in [-0.1, -0.05) is 19.6 Å². The maximum absolute atomic E-state index is 10.3. The van der Waals surface area contributed by atoms with Gasteiger partial charge in [0.05, 0.1) is 16.3 Å². The Labute approximate surface area is 124 Å². The van der Waals surface area contributed by atoms with Crippen molar-refractivity contribution >= 4 is 22.7 Å². The molecule has 0 radical (unpaired) electrons. The number of nitro groups is 1.